The van der Waals surface area contributed by atoms with Crippen LogP contribution in [0.5, 0.6) is 0 Å². The summed E-state index contributed by atoms with van der Waals surface area (Å²) in [4.78, 5) is 6.40. The Bertz CT molecular complexity index is 714. The van der Waals surface area contributed by atoms with E-state index in [1.807, 2.05) is 24.3 Å². The van der Waals surface area contributed by atoms with Gasteiger partial charge in [-0.15, -0.1) is 0 Å². The Kier molecular flexibility index (Phi) is 2.82. The quantitative estimate of drug-likeness (QED) is 0.789. The standard InChI is InChI=1S/C13H15N3O2S/c14-10-1-2-11-12(9-10)15-4-3-13(11)16-5-7-19(17,18)8-6-16/h1-4,9H,5-8,14H2. The van der Waals surface area contributed by atoms with Crippen molar-refractivity contribution < 1.29 is 8.42 Å². The van der Waals surface area contributed by atoms with Gasteiger partial charge in [-0.25, -0.2) is 8.42 Å². The Morgan fingerprint density at radius 1 is 1.16 bits per heavy atom. The fourth-order valence-electron chi connectivity index (χ4n) is 2.38. The lowest BCUT2D eigenvalue weighted by Crippen LogP contribution is -2.40. The van der Waals surface area contributed by atoms with Crippen molar-refractivity contribution in [3.63, 3.8) is 0 Å². The number of anilines is 2. The number of nitrogens with two attached hydrogens (primary N) is 1. The molecule has 6 heteroatoms. The Balaban J connectivity index is 2.02. The molecule has 0 amide bonds. The molecule has 1 aromatic heterocycles. The molecule has 1 aliphatic rings. The second-order valence-electron chi connectivity index (χ2n) is 4.75. The van der Waals surface area contributed by atoms with Crippen LogP contribution in [-0.4, -0.2) is 38.0 Å². The first-order chi connectivity index (χ1) is 9.05. The third kappa shape index (κ3) is 2.35. The lowest BCUT2D eigenvalue weighted by Gasteiger charge is -2.29. The van der Waals surface area contributed by atoms with Crippen molar-refractivity contribution in [2.75, 3.05) is 35.2 Å². The second kappa shape index (κ2) is 4.38. The normalized spacial score (nSPS) is 18.6. The third-order valence-corrected chi connectivity index (χ3v) is 5.04. The smallest absolute Gasteiger partial charge is 0.153 e. The van der Waals surface area contributed by atoms with Gasteiger partial charge in [0.2, 0.25) is 0 Å². The molecule has 1 aliphatic heterocycles. The number of hydrogen-bond acceptors (Lipinski definition) is 5. The van der Waals surface area contributed by atoms with E-state index in [1.165, 1.54) is 0 Å². The van der Waals surface area contributed by atoms with E-state index in [0.29, 0.717) is 18.8 Å². The van der Waals surface area contributed by atoms with E-state index in [0.717, 1.165) is 16.6 Å². The minimum Gasteiger partial charge on any atom is -0.399 e. The predicted molar refractivity (Wildman–Crippen MR) is 77.0 cm³/mol. The summed E-state index contributed by atoms with van der Waals surface area (Å²) in [6.07, 6.45) is 1.74. The number of sulfone groups is 1. The van der Waals surface area contributed by atoms with Gasteiger partial charge in [0.05, 0.1) is 17.0 Å². The topological polar surface area (TPSA) is 76.3 Å². The molecule has 0 aliphatic carbocycles. The van der Waals surface area contributed by atoms with E-state index < -0.39 is 9.84 Å². The van der Waals surface area contributed by atoms with Crippen molar-refractivity contribution in [3.8, 4) is 0 Å². The maximum atomic E-state index is 11.5. The molecule has 19 heavy (non-hydrogen) atoms. The molecule has 1 fully saturated rings. The van der Waals surface area contributed by atoms with Crippen molar-refractivity contribution in [1.29, 1.82) is 0 Å². The van der Waals surface area contributed by atoms with E-state index >= 15 is 0 Å². The van der Waals surface area contributed by atoms with Crippen LogP contribution in [-0.2, 0) is 9.84 Å². The summed E-state index contributed by atoms with van der Waals surface area (Å²) in [5.41, 5.74) is 8.30. The van der Waals surface area contributed by atoms with Gasteiger partial charge in [0, 0.05) is 36.0 Å². The maximum absolute atomic E-state index is 11.5. The molecule has 0 spiro atoms. The van der Waals surface area contributed by atoms with Gasteiger partial charge >= 0.3 is 0 Å². The van der Waals surface area contributed by atoms with Crippen LogP contribution in [0.1, 0.15) is 0 Å². The van der Waals surface area contributed by atoms with Gasteiger partial charge in [-0.2, -0.15) is 0 Å². The molecule has 1 saturated heterocycles. The molecule has 2 heterocycles. The Hall–Kier alpha value is -1.82. The lowest BCUT2D eigenvalue weighted by atomic mass is 10.1. The molecule has 0 radical (unpaired) electrons. The van der Waals surface area contributed by atoms with Crippen LogP contribution < -0.4 is 10.6 Å². The average molecular weight is 277 g/mol. The Morgan fingerprint density at radius 3 is 2.63 bits per heavy atom. The van der Waals surface area contributed by atoms with Crippen molar-refractivity contribution >= 4 is 32.1 Å². The maximum Gasteiger partial charge on any atom is 0.153 e. The number of rotatable bonds is 1. The first kappa shape index (κ1) is 12.2. The van der Waals surface area contributed by atoms with E-state index in [1.54, 1.807) is 6.20 Å². The second-order valence-corrected chi connectivity index (χ2v) is 7.05. The number of pyridine rings is 1. The average Bonchev–Trinajstić information content (AvgIpc) is 2.38. The fraction of sp³-hybridized carbons (Fsp3) is 0.308. The van der Waals surface area contributed by atoms with Crippen molar-refractivity contribution in [1.82, 2.24) is 4.98 Å². The first-order valence-corrected chi connectivity index (χ1v) is 7.97. The van der Waals surface area contributed by atoms with Gasteiger partial charge in [-0.05, 0) is 24.3 Å². The molecule has 0 bridgehead atoms. The van der Waals surface area contributed by atoms with Crippen molar-refractivity contribution in [2.24, 2.45) is 0 Å². The van der Waals surface area contributed by atoms with Crippen LogP contribution in [0.3, 0.4) is 0 Å². The summed E-state index contributed by atoms with van der Waals surface area (Å²) in [6.45, 7) is 1.07. The molecular formula is C13H15N3O2S. The largest absolute Gasteiger partial charge is 0.399 e. The number of hydrogen-bond donors (Lipinski definition) is 1. The predicted octanol–water partition coefficient (Wildman–Crippen LogP) is 1.05. The summed E-state index contributed by atoms with van der Waals surface area (Å²) in [7, 11) is -2.86. The molecule has 2 aromatic rings. The van der Waals surface area contributed by atoms with E-state index in [9.17, 15) is 8.42 Å². The van der Waals surface area contributed by atoms with E-state index in [-0.39, 0.29) is 11.5 Å². The first-order valence-electron chi connectivity index (χ1n) is 6.15. The third-order valence-electron chi connectivity index (χ3n) is 3.43. The highest BCUT2D eigenvalue weighted by molar-refractivity contribution is 7.91. The Labute approximate surface area is 112 Å². The van der Waals surface area contributed by atoms with Gasteiger partial charge in [0.1, 0.15) is 0 Å². The van der Waals surface area contributed by atoms with Gasteiger partial charge in [0.25, 0.3) is 0 Å². The number of fused-ring (bicyclic) bond motifs is 1. The Morgan fingerprint density at radius 2 is 1.89 bits per heavy atom. The molecule has 5 nitrogen and oxygen atoms in total. The zero-order valence-corrected chi connectivity index (χ0v) is 11.2. The number of aromatic nitrogens is 1. The molecule has 0 atom stereocenters. The number of benzene rings is 1. The SMILES string of the molecule is Nc1ccc2c(N3CCS(=O)(=O)CC3)ccnc2c1. The molecule has 100 valence electrons. The monoisotopic (exact) mass is 277 g/mol. The minimum atomic E-state index is -2.86. The molecular weight excluding hydrogens is 262 g/mol. The number of nitrogen functional groups attached to an aromatic ring is 1. The van der Waals surface area contributed by atoms with Crippen LogP contribution in [0.25, 0.3) is 10.9 Å². The van der Waals surface area contributed by atoms with Crippen molar-refractivity contribution in [3.05, 3.63) is 30.5 Å². The summed E-state index contributed by atoms with van der Waals surface area (Å²) >= 11 is 0. The van der Waals surface area contributed by atoms with Crippen LogP contribution in [0.15, 0.2) is 30.5 Å². The summed E-state index contributed by atoms with van der Waals surface area (Å²) < 4.78 is 23.0. The van der Waals surface area contributed by atoms with Gasteiger partial charge in [-0.3, -0.25) is 4.98 Å². The van der Waals surface area contributed by atoms with Crippen LogP contribution in [0.4, 0.5) is 11.4 Å². The van der Waals surface area contributed by atoms with Gasteiger partial charge < -0.3 is 10.6 Å². The molecule has 0 saturated carbocycles. The molecule has 0 unspecified atom stereocenters. The van der Waals surface area contributed by atoms with Crippen LogP contribution in [0, 0.1) is 0 Å². The highest BCUT2D eigenvalue weighted by Gasteiger charge is 2.22. The summed E-state index contributed by atoms with van der Waals surface area (Å²) in [5.74, 6) is 0.428. The van der Waals surface area contributed by atoms with Gasteiger partial charge in [0.15, 0.2) is 9.84 Å². The number of nitrogens with zero attached hydrogens (tertiary/aromatic N) is 2. The fourth-order valence-corrected chi connectivity index (χ4v) is 3.58. The van der Waals surface area contributed by atoms with Crippen molar-refractivity contribution in [2.45, 2.75) is 0 Å². The van der Waals surface area contributed by atoms with Crippen LogP contribution >= 0.6 is 0 Å². The molecule has 3 rings (SSSR count). The lowest BCUT2D eigenvalue weighted by molar-refractivity contribution is 0.587. The van der Waals surface area contributed by atoms with Crippen LogP contribution in [0.2, 0.25) is 0 Å². The van der Waals surface area contributed by atoms with E-state index in [4.69, 9.17) is 5.73 Å². The summed E-state index contributed by atoms with van der Waals surface area (Å²) in [5, 5.41) is 1.01. The van der Waals surface area contributed by atoms with E-state index in [2.05, 4.69) is 9.88 Å². The molecule has 1 aromatic carbocycles. The summed E-state index contributed by atoms with van der Waals surface area (Å²) in [6, 6.07) is 7.54. The minimum absolute atomic E-state index is 0.214. The zero-order chi connectivity index (χ0) is 13.5. The zero-order valence-electron chi connectivity index (χ0n) is 10.4. The highest BCUT2D eigenvalue weighted by Crippen LogP contribution is 2.27. The van der Waals surface area contributed by atoms with Gasteiger partial charge in [-0.1, -0.05) is 0 Å². The highest BCUT2D eigenvalue weighted by atomic mass is 32.2. The molecule has 2 N–H and O–H groups in total.